The van der Waals surface area contributed by atoms with Gasteiger partial charge in [-0.25, -0.2) is 0 Å². The van der Waals surface area contributed by atoms with Gasteiger partial charge in [0.15, 0.2) is 0 Å². The van der Waals surface area contributed by atoms with Gasteiger partial charge < -0.3 is 37.2 Å². The summed E-state index contributed by atoms with van der Waals surface area (Å²) in [7, 11) is 3.63. The Hall–Kier alpha value is -5.83. The molecule has 0 atom stereocenters. The number of terminal acetylenes is 1. The van der Waals surface area contributed by atoms with Gasteiger partial charge in [0.25, 0.3) is 5.91 Å². The first-order valence-corrected chi connectivity index (χ1v) is 14.4. The Morgan fingerprint density at radius 2 is 1.24 bits per heavy atom. The minimum atomic E-state index is -0.117. The average molecular weight is 610 g/mol. The van der Waals surface area contributed by atoms with Crippen molar-refractivity contribution in [1.82, 2.24) is 16.0 Å². The molecule has 3 aromatic rings. The zero-order valence-electron chi connectivity index (χ0n) is 25.4. The van der Waals surface area contributed by atoms with E-state index >= 15 is 0 Å². The monoisotopic (exact) mass is 609 g/mol. The Balaban J connectivity index is 0.000000185. The van der Waals surface area contributed by atoms with E-state index in [1.807, 2.05) is 68.7 Å². The third kappa shape index (κ3) is 11.1. The van der Waals surface area contributed by atoms with E-state index in [1.165, 1.54) is 0 Å². The van der Waals surface area contributed by atoms with Gasteiger partial charge in [-0.05, 0) is 66.7 Å². The number of aliphatic imine (C=N–C) groups is 2. The van der Waals surface area contributed by atoms with Gasteiger partial charge in [0, 0.05) is 79.6 Å². The third-order valence-electron chi connectivity index (χ3n) is 6.44. The molecule has 0 saturated carbocycles. The summed E-state index contributed by atoms with van der Waals surface area (Å²) >= 11 is 0. The van der Waals surface area contributed by atoms with Gasteiger partial charge >= 0.3 is 0 Å². The lowest BCUT2D eigenvalue weighted by Crippen LogP contribution is -2.24. The number of amides is 3. The summed E-state index contributed by atoms with van der Waals surface area (Å²) in [4.78, 5) is 40.8. The molecule has 0 bridgehead atoms. The highest BCUT2D eigenvalue weighted by Gasteiger charge is 2.09. The molecule has 0 spiro atoms. The highest BCUT2D eigenvalue weighted by molar-refractivity contribution is 6.00. The molecule has 12 heteroatoms. The van der Waals surface area contributed by atoms with Gasteiger partial charge in [0.2, 0.25) is 12.8 Å². The number of nitrogens with zero attached hydrogens (tertiary/aromatic N) is 2. The summed E-state index contributed by atoms with van der Waals surface area (Å²) in [5.41, 5.74) is 6.08. The maximum absolute atomic E-state index is 11.8. The van der Waals surface area contributed by atoms with Crippen LogP contribution < -0.4 is 37.2 Å². The quantitative estimate of drug-likeness (QED) is 0.1000. The lowest BCUT2D eigenvalue weighted by molar-refractivity contribution is -0.106. The maximum atomic E-state index is 11.8. The van der Waals surface area contributed by atoms with E-state index in [2.05, 4.69) is 53.1 Å². The van der Waals surface area contributed by atoms with E-state index in [1.54, 1.807) is 12.1 Å². The molecular formula is C33H39N9O3. The molecule has 0 fully saturated rings. The van der Waals surface area contributed by atoms with Crippen LogP contribution in [-0.4, -0.2) is 77.2 Å². The summed E-state index contributed by atoms with van der Waals surface area (Å²) in [5, 5.41) is 20.3. The van der Waals surface area contributed by atoms with Gasteiger partial charge in [0.05, 0.1) is 13.1 Å². The largest absolute Gasteiger partial charge is 0.388 e. The summed E-state index contributed by atoms with van der Waals surface area (Å²) in [5.74, 6) is 4.23. The van der Waals surface area contributed by atoms with E-state index < -0.39 is 0 Å². The first kappa shape index (κ1) is 33.7. The number of carbonyl (C=O) groups is 3. The van der Waals surface area contributed by atoms with Crippen LogP contribution in [0.5, 0.6) is 0 Å². The molecule has 0 radical (unpaired) electrons. The number of anilines is 4. The third-order valence-corrected chi connectivity index (χ3v) is 6.44. The van der Waals surface area contributed by atoms with Crippen molar-refractivity contribution in [3.63, 3.8) is 0 Å². The van der Waals surface area contributed by atoms with Gasteiger partial charge in [-0.15, -0.1) is 12.3 Å². The summed E-state index contributed by atoms with van der Waals surface area (Å²) in [6, 6.07) is 20.7. The van der Waals surface area contributed by atoms with Crippen molar-refractivity contribution in [2.45, 2.75) is 6.42 Å². The van der Waals surface area contributed by atoms with Crippen molar-refractivity contribution in [3.8, 4) is 12.3 Å². The molecule has 3 aromatic carbocycles. The fourth-order valence-electron chi connectivity index (χ4n) is 4.16. The second-order valence-corrected chi connectivity index (χ2v) is 9.50. The van der Waals surface area contributed by atoms with Crippen LogP contribution in [0.25, 0.3) is 0 Å². The zero-order chi connectivity index (χ0) is 32.3. The Kier molecular flexibility index (Phi) is 14.0. The molecule has 0 unspecified atom stereocenters. The molecule has 2 aliphatic heterocycles. The fraction of sp³-hybridized carbons (Fsp3) is 0.242. The maximum Gasteiger partial charge on any atom is 0.251 e. The molecule has 0 aliphatic carbocycles. The lowest BCUT2D eigenvalue weighted by Gasteiger charge is -2.09. The first-order chi connectivity index (χ1) is 22.0. The van der Waals surface area contributed by atoms with Crippen molar-refractivity contribution in [1.29, 1.82) is 0 Å². The molecule has 0 saturated heterocycles. The molecule has 3 amide bonds. The normalized spacial score (nSPS) is 12.5. The van der Waals surface area contributed by atoms with Crippen LogP contribution >= 0.6 is 0 Å². The van der Waals surface area contributed by atoms with Crippen LogP contribution in [-0.2, 0) is 9.59 Å². The Labute approximate surface area is 263 Å². The predicted molar refractivity (Wildman–Crippen MR) is 182 cm³/mol. The van der Waals surface area contributed by atoms with E-state index in [4.69, 9.17) is 6.42 Å². The van der Waals surface area contributed by atoms with E-state index in [9.17, 15) is 14.4 Å². The lowest BCUT2D eigenvalue weighted by atomic mass is 10.1. The molecule has 2 aliphatic rings. The minimum absolute atomic E-state index is 0.117. The van der Waals surface area contributed by atoms with E-state index in [0.29, 0.717) is 31.3 Å². The van der Waals surface area contributed by atoms with Crippen molar-refractivity contribution in [2.24, 2.45) is 9.98 Å². The van der Waals surface area contributed by atoms with Gasteiger partial charge in [-0.3, -0.25) is 24.4 Å². The number of benzene rings is 3. The number of amidine groups is 2. The number of rotatable bonds is 11. The summed E-state index contributed by atoms with van der Waals surface area (Å²) in [6.45, 7) is 3.98. The van der Waals surface area contributed by atoms with Crippen LogP contribution in [0.3, 0.4) is 0 Å². The second-order valence-electron chi connectivity index (χ2n) is 9.50. The predicted octanol–water partition coefficient (Wildman–Crippen LogP) is 2.73. The average Bonchev–Trinajstić information content (AvgIpc) is 3.82. The van der Waals surface area contributed by atoms with Gasteiger partial charge in [-0.1, -0.05) is 0 Å². The highest BCUT2D eigenvalue weighted by Crippen LogP contribution is 2.18. The Morgan fingerprint density at radius 3 is 1.60 bits per heavy atom. The molecule has 2 heterocycles. The van der Waals surface area contributed by atoms with Crippen molar-refractivity contribution in [3.05, 3.63) is 83.4 Å². The van der Waals surface area contributed by atoms with Crippen LogP contribution in [0.15, 0.2) is 76.7 Å². The standard InChI is InChI=1S/C13H17N3O.2C10H11N3O/c1-4-5-6-16-13(17)10-7-11(14-2)9-12(8-10)15-3;2*14-7-13-9-3-1-8(2-4-9)10-11-5-6-12-10/h1,7-9,14-15H,5-6H2,2-3H3,(H,16,17);2*1-4,7H,5-6H2,(H,11,12)(H,13,14). The molecular weight excluding hydrogens is 570 g/mol. The SMILES string of the molecule is C#CCCNC(=O)c1cc(NC)cc(NC)c1.O=CNc1ccc(C2=NCCN2)cc1.O=CNc1ccc(C2=NCCN2)cc1. The number of hydrogen-bond donors (Lipinski definition) is 7. The number of hydrogen-bond acceptors (Lipinski definition) is 9. The van der Waals surface area contributed by atoms with Crippen molar-refractivity contribution >= 4 is 53.1 Å². The van der Waals surface area contributed by atoms with Crippen LogP contribution in [0.1, 0.15) is 27.9 Å². The Morgan fingerprint density at radius 1 is 0.778 bits per heavy atom. The second kappa shape index (κ2) is 18.7. The van der Waals surface area contributed by atoms with Crippen LogP contribution in [0.4, 0.5) is 22.7 Å². The zero-order valence-corrected chi connectivity index (χ0v) is 25.4. The fourth-order valence-corrected chi connectivity index (χ4v) is 4.16. The molecule has 12 nitrogen and oxygen atoms in total. The van der Waals surface area contributed by atoms with Crippen molar-refractivity contribution < 1.29 is 14.4 Å². The summed E-state index contributed by atoms with van der Waals surface area (Å²) < 4.78 is 0. The number of carbonyl (C=O) groups excluding carboxylic acids is 3. The molecule has 0 aromatic heterocycles. The topological polar surface area (TPSA) is 160 Å². The van der Waals surface area contributed by atoms with Gasteiger partial charge in [-0.2, -0.15) is 0 Å². The first-order valence-electron chi connectivity index (χ1n) is 14.4. The van der Waals surface area contributed by atoms with Gasteiger partial charge in [0.1, 0.15) is 11.7 Å². The highest BCUT2D eigenvalue weighted by atomic mass is 16.1. The minimum Gasteiger partial charge on any atom is -0.388 e. The number of nitrogens with one attached hydrogen (secondary N) is 7. The molecule has 7 N–H and O–H groups in total. The molecule has 5 rings (SSSR count). The smallest absolute Gasteiger partial charge is 0.251 e. The Bertz CT molecular complexity index is 1420. The van der Waals surface area contributed by atoms with E-state index in [0.717, 1.165) is 71.7 Å². The van der Waals surface area contributed by atoms with Crippen LogP contribution in [0, 0.1) is 12.3 Å². The van der Waals surface area contributed by atoms with Crippen molar-refractivity contribution in [2.75, 3.05) is 68.1 Å². The van der Waals surface area contributed by atoms with Crippen LogP contribution in [0.2, 0.25) is 0 Å². The molecule has 45 heavy (non-hydrogen) atoms. The molecule has 234 valence electrons. The van der Waals surface area contributed by atoms with E-state index in [-0.39, 0.29) is 5.91 Å². The summed E-state index contributed by atoms with van der Waals surface area (Å²) in [6.07, 6.45) is 7.00.